The van der Waals surface area contributed by atoms with Crippen molar-refractivity contribution in [1.82, 2.24) is 9.78 Å². The van der Waals surface area contributed by atoms with Gasteiger partial charge >= 0.3 is 0 Å². The molecule has 0 aliphatic carbocycles. The van der Waals surface area contributed by atoms with Gasteiger partial charge in [0.05, 0.1) is 4.90 Å². The van der Waals surface area contributed by atoms with Crippen molar-refractivity contribution in [3.05, 3.63) is 60.2 Å². The van der Waals surface area contributed by atoms with Gasteiger partial charge in [0, 0.05) is 5.69 Å². The third-order valence-electron chi connectivity index (χ3n) is 4.15. The van der Waals surface area contributed by atoms with Crippen LogP contribution in [0.1, 0.15) is 12.5 Å². The van der Waals surface area contributed by atoms with Crippen LogP contribution in [0.15, 0.2) is 69.4 Å². The van der Waals surface area contributed by atoms with Crippen LogP contribution in [-0.2, 0) is 21.2 Å². The van der Waals surface area contributed by atoms with Crippen molar-refractivity contribution in [1.29, 1.82) is 0 Å². The number of para-hydroxylation sites is 1. The molecule has 152 valence electrons. The van der Waals surface area contributed by atoms with E-state index in [1.165, 1.54) is 16.4 Å². The number of sulfone groups is 1. The molecule has 0 saturated carbocycles. The van der Waals surface area contributed by atoms with Gasteiger partial charge in [0.2, 0.25) is 15.7 Å². The third kappa shape index (κ3) is 4.63. The highest BCUT2D eigenvalue weighted by atomic mass is 32.2. The molecule has 0 spiro atoms. The number of hydrogen-bond acceptors (Lipinski definition) is 6. The first-order valence-electron chi connectivity index (χ1n) is 8.98. The third-order valence-corrected chi connectivity index (χ3v) is 6.96. The Morgan fingerprint density at radius 2 is 1.79 bits per heavy atom. The minimum Gasteiger partial charge on any atom is -0.383 e. The summed E-state index contributed by atoms with van der Waals surface area (Å²) in [4.78, 5) is 12.5. The van der Waals surface area contributed by atoms with E-state index in [1.807, 2.05) is 19.9 Å². The number of anilines is 2. The predicted octanol–water partition coefficient (Wildman–Crippen LogP) is 3.36. The second-order valence-corrected chi connectivity index (χ2v) is 9.48. The highest BCUT2D eigenvalue weighted by Crippen LogP contribution is 2.34. The molecule has 0 saturated heterocycles. The monoisotopic (exact) mass is 430 g/mol. The van der Waals surface area contributed by atoms with E-state index in [9.17, 15) is 13.2 Å². The van der Waals surface area contributed by atoms with Crippen LogP contribution < -0.4 is 11.1 Å². The molecule has 1 aromatic heterocycles. The van der Waals surface area contributed by atoms with Gasteiger partial charge in [-0.2, -0.15) is 5.10 Å². The van der Waals surface area contributed by atoms with Crippen LogP contribution in [0.2, 0.25) is 0 Å². The number of rotatable bonds is 7. The summed E-state index contributed by atoms with van der Waals surface area (Å²) < 4.78 is 27.6. The van der Waals surface area contributed by atoms with Crippen LogP contribution in [0.3, 0.4) is 0 Å². The highest BCUT2D eigenvalue weighted by Gasteiger charge is 2.30. The second kappa shape index (κ2) is 8.71. The molecule has 0 fully saturated rings. The zero-order valence-corrected chi connectivity index (χ0v) is 17.8. The van der Waals surface area contributed by atoms with E-state index in [0.29, 0.717) is 11.4 Å². The highest BCUT2D eigenvalue weighted by molar-refractivity contribution is 8.00. The summed E-state index contributed by atoms with van der Waals surface area (Å²) in [6.07, 6.45) is 0. The van der Waals surface area contributed by atoms with E-state index < -0.39 is 9.84 Å². The molecular weight excluding hydrogens is 408 g/mol. The molecular formula is C20H22N4O3S2. The largest absolute Gasteiger partial charge is 0.383 e. The van der Waals surface area contributed by atoms with Gasteiger partial charge < -0.3 is 11.1 Å². The van der Waals surface area contributed by atoms with Crippen LogP contribution in [0.4, 0.5) is 11.5 Å². The number of hydrogen-bond donors (Lipinski definition) is 2. The standard InChI is InChI=1S/C20H22N4O3S2/c1-3-28-20-18(29(26,27)16-11-9-14(2)10-12-16)19(21)24(23-20)13-17(25)22-15-7-5-4-6-8-15/h4-12H,3,13,21H2,1-2H3,(H,22,25). The average molecular weight is 431 g/mol. The molecule has 0 aliphatic heterocycles. The Morgan fingerprint density at radius 3 is 2.41 bits per heavy atom. The lowest BCUT2D eigenvalue weighted by Gasteiger charge is -2.08. The van der Waals surface area contributed by atoms with Crippen LogP contribution in [0.5, 0.6) is 0 Å². The molecule has 0 unspecified atom stereocenters. The second-order valence-electron chi connectivity index (χ2n) is 6.34. The van der Waals surface area contributed by atoms with Crippen molar-refractivity contribution in [3.63, 3.8) is 0 Å². The van der Waals surface area contributed by atoms with Crippen molar-refractivity contribution in [2.24, 2.45) is 0 Å². The van der Waals surface area contributed by atoms with Crippen molar-refractivity contribution in [2.75, 3.05) is 16.8 Å². The number of benzene rings is 2. The van der Waals surface area contributed by atoms with E-state index in [1.54, 1.807) is 48.5 Å². The molecule has 7 nitrogen and oxygen atoms in total. The zero-order chi connectivity index (χ0) is 21.0. The van der Waals surface area contributed by atoms with Crippen LogP contribution in [0.25, 0.3) is 0 Å². The lowest BCUT2D eigenvalue weighted by molar-refractivity contribution is -0.116. The Morgan fingerprint density at radius 1 is 1.14 bits per heavy atom. The Bertz CT molecular complexity index is 1110. The number of thioether (sulfide) groups is 1. The molecule has 0 aliphatic rings. The van der Waals surface area contributed by atoms with Gasteiger partial charge in [0.25, 0.3) is 0 Å². The molecule has 3 N–H and O–H groups in total. The maximum Gasteiger partial charge on any atom is 0.246 e. The van der Waals surface area contributed by atoms with Gasteiger partial charge in [-0.25, -0.2) is 13.1 Å². The number of nitrogen functional groups attached to an aromatic ring is 1. The summed E-state index contributed by atoms with van der Waals surface area (Å²) in [5.41, 5.74) is 7.75. The van der Waals surface area contributed by atoms with E-state index in [4.69, 9.17) is 5.73 Å². The minimum atomic E-state index is -3.87. The fourth-order valence-electron chi connectivity index (χ4n) is 2.73. The maximum absolute atomic E-state index is 13.2. The SMILES string of the molecule is CCSc1nn(CC(=O)Nc2ccccc2)c(N)c1S(=O)(=O)c1ccc(C)cc1. The number of aryl methyl sites for hydroxylation is 1. The summed E-state index contributed by atoms with van der Waals surface area (Å²) in [6.45, 7) is 3.58. The summed E-state index contributed by atoms with van der Waals surface area (Å²) in [6, 6.07) is 15.5. The normalized spacial score (nSPS) is 11.4. The van der Waals surface area contributed by atoms with Crippen molar-refractivity contribution >= 4 is 39.0 Å². The van der Waals surface area contributed by atoms with E-state index in [-0.39, 0.29) is 33.1 Å². The quantitative estimate of drug-likeness (QED) is 0.557. The molecule has 3 rings (SSSR count). The Balaban J connectivity index is 1.95. The topological polar surface area (TPSA) is 107 Å². The molecule has 0 bridgehead atoms. The first kappa shape index (κ1) is 20.9. The first-order valence-corrected chi connectivity index (χ1v) is 11.5. The number of aromatic nitrogens is 2. The summed E-state index contributed by atoms with van der Waals surface area (Å²) in [5.74, 6) is 0.214. The molecule has 9 heteroatoms. The van der Waals surface area contributed by atoms with Crippen LogP contribution in [-0.4, -0.2) is 29.9 Å². The molecule has 0 atom stereocenters. The van der Waals surface area contributed by atoms with Crippen molar-refractivity contribution in [2.45, 2.75) is 35.2 Å². The predicted molar refractivity (Wildman–Crippen MR) is 115 cm³/mol. The molecule has 29 heavy (non-hydrogen) atoms. The van der Waals surface area contributed by atoms with E-state index in [0.717, 1.165) is 5.56 Å². The first-order chi connectivity index (χ1) is 13.8. The lowest BCUT2D eigenvalue weighted by atomic mass is 10.2. The fraction of sp³-hybridized carbons (Fsp3) is 0.200. The Hall–Kier alpha value is -2.78. The van der Waals surface area contributed by atoms with Gasteiger partial charge in [-0.15, -0.1) is 11.8 Å². The summed E-state index contributed by atoms with van der Waals surface area (Å²) >= 11 is 1.27. The minimum absolute atomic E-state index is 0.0512. The number of amides is 1. The number of nitrogens with zero attached hydrogens (tertiary/aromatic N) is 2. The molecule has 1 heterocycles. The van der Waals surface area contributed by atoms with Gasteiger partial charge in [0.1, 0.15) is 22.3 Å². The Labute approximate surface area is 174 Å². The van der Waals surface area contributed by atoms with Gasteiger partial charge in [0.15, 0.2) is 0 Å². The number of carbonyl (C=O) groups is 1. The number of carbonyl (C=O) groups excluding carboxylic acids is 1. The number of nitrogens with one attached hydrogen (secondary N) is 1. The summed E-state index contributed by atoms with van der Waals surface area (Å²) in [7, 11) is -3.87. The lowest BCUT2D eigenvalue weighted by Crippen LogP contribution is -2.21. The molecule has 1 amide bonds. The van der Waals surface area contributed by atoms with Gasteiger partial charge in [-0.1, -0.05) is 42.8 Å². The molecule has 3 aromatic rings. The fourth-order valence-corrected chi connectivity index (χ4v) is 5.29. The van der Waals surface area contributed by atoms with E-state index >= 15 is 0 Å². The van der Waals surface area contributed by atoms with Gasteiger partial charge in [-0.05, 0) is 36.9 Å². The van der Waals surface area contributed by atoms with Crippen molar-refractivity contribution < 1.29 is 13.2 Å². The van der Waals surface area contributed by atoms with Crippen molar-refractivity contribution in [3.8, 4) is 0 Å². The smallest absolute Gasteiger partial charge is 0.246 e. The molecule has 0 radical (unpaired) electrons. The Kier molecular flexibility index (Phi) is 6.29. The van der Waals surface area contributed by atoms with Crippen LogP contribution in [0, 0.1) is 6.92 Å². The zero-order valence-electron chi connectivity index (χ0n) is 16.1. The van der Waals surface area contributed by atoms with Gasteiger partial charge in [-0.3, -0.25) is 4.79 Å². The average Bonchev–Trinajstić information content (AvgIpc) is 2.98. The summed E-state index contributed by atoms with van der Waals surface area (Å²) in [5, 5.41) is 7.34. The maximum atomic E-state index is 13.2. The molecule has 2 aromatic carbocycles. The number of nitrogens with two attached hydrogens (primary N) is 1. The van der Waals surface area contributed by atoms with Crippen LogP contribution >= 0.6 is 11.8 Å². The van der Waals surface area contributed by atoms with E-state index in [2.05, 4.69) is 10.4 Å².